The normalized spacial score (nSPS) is 19.7. The zero-order valence-corrected chi connectivity index (χ0v) is 17.1. The smallest absolute Gasteiger partial charge is 0.256 e. The molecule has 0 radical (unpaired) electrons. The third-order valence-electron chi connectivity index (χ3n) is 5.68. The highest BCUT2D eigenvalue weighted by Gasteiger charge is 2.31. The lowest BCUT2D eigenvalue weighted by Crippen LogP contribution is -2.44. The lowest BCUT2D eigenvalue weighted by molar-refractivity contribution is -0.132. The second kappa shape index (κ2) is 8.92. The molecule has 0 saturated carbocycles. The number of ether oxygens (including phenoxy) is 1. The van der Waals surface area contributed by atoms with Gasteiger partial charge in [-0.3, -0.25) is 14.6 Å². The molecule has 7 heteroatoms. The number of nitrogens with one attached hydrogen (secondary N) is 1. The number of hydrogen-bond acceptors (Lipinski definition) is 4. The van der Waals surface area contributed by atoms with E-state index in [1.807, 2.05) is 19.1 Å². The van der Waals surface area contributed by atoms with Crippen LogP contribution in [0, 0.1) is 5.82 Å². The van der Waals surface area contributed by atoms with E-state index in [0.717, 1.165) is 49.2 Å². The van der Waals surface area contributed by atoms with Crippen LogP contribution in [0.1, 0.15) is 60.4 Å². The maximum absolute atomic E-state index is 13.1. The molecule has 0 aliphatic carbocycles. The minimum atomic E-state index is -0.381. The number of aryl methyl sites for hydroxylation is 1. The molecule has 3 heterocycles. The number of carbonyl (C=O) groups excluding carboxylic acids is 2. The second-order valence-corrected chi connectivity index (χ2v) is 7.85. The summed E-state index contributed by atoms with van der Waals surface area (Å²) in [7, 11) is 0. The van der Waals surface area contributed by atoms with Crippen molar-refractivity contribution in [3.05, 3.63) is 59.2 Å². The predicted octanol–water partition coefficient (Wildman–Crippen LogP) is 3.56. The summed E-state index contributed by atoms with van der Waals surface area (Å²) >= 11 is 0. The van der Waals surface area contributed by atoms with Crippen molar-refractivity contribution in [3.8, 4) is 0 Å². The number of carbonyl (C=O) groups is 2. The fourth-order valence-corrected chi connectivity index (χ4v) is 4.00. The van der Waals surface area contributed by atoms with Gasteiger partial charge in [-0.05, 0) is 75.4 Å². The average Bonchev–Trinajstić information content (AvgIpc) is 2.78. The Morgan fingerprint density at radius 3 is 2.70 bits per heavy atom. The Balaban J connectivity index is 1.48. The van der Waals surface area contributed by atoms with Gasteiger partial charge in [0.05, 0.1) is 23.1 Å². The summed E-state index contributed by atoms with van der Waals surface area (Å²) in [5.41, 5.74) is 2.82. The molecule has 1 aromatic carbocycles. The van der Waals surface area contributed by atoms with Crippen molar-refractivity contribution in [3.63, 3.8) is 0 Å². The Bertz CT molecular complexity index is 926. The molecule has 0 spiro atoms. The van der Waals surface area contributed by atoms with Crippen molar-refractivity contribution in [2.45, 2.75) is 51.2 Å². The first kappa shape index (κ1) is 20.5. The van der Waals surface area contributed by atoms with Crippen LogP contribution >= 0.6 is 0 Å². The van der Waals surface area contributed by atoms with Crippen LogP contribution in [0.2, 0.25) is 0 Å². The van der Waals surface area contributed by atoms with Gasteiger partial charge in [0, 0.05) is 18.7 Å². The van der Waals surface area contributed by atoms with Gasteiger partial charge in [-0.15, -0.1) is 0 Å². The standard InChI is InChI=1S/C23H26FN3O3/c1-15(25-22(28)16-7-9-17(24)10-8-16)18-11-12-20-19(26-18)5-4-13-27(20)23(29)21-6-2-3-14-30-21/h7-12,15,21H,2-6,13-14H2,1H3,(H,25,28)/t15?,21-/m0/s1. The largest absolute Gasteiger partial charge is 0.368 e. The number of aromatic nitrogens is 1. The van der Waals surface area contributed by atoms with Crippen molar-refractivity contribution in [2.75, 3.05) is 18.1 Å². The molecule has 2 aliphatic heterocycles. The summed E-state index contributed by atoms with van der Waals surface area (Å²) in [5, 5.41) is 2.90. The summed E-state index contributed by atoms with van der Waals surface area (Å²) in [5.74, 6) is -0.648. The van der Waals surface area contributed by atoms with Crippen LogP contribution in [0.15, 0.2) is 36.4 Å². The van der Waals surface area contributed by atoms with E-state index in [1.54, 1.807) is 4.90 Å². The second-order valence-electron chi connectivity index (χ2n) is 7.85. The first-order valence-electron chi connectivity index (χ1n) is 10.5. The topological polar surface area (TPSA) is 71.5 Å². The number of benzene rings is 1. The summed E-state index contributed by atoms with van der Waals surface area (Å²) < 4.78 is 18.7. The van der Waals surface area contributed by atoms with Crippen LogP contribution in [0.3, 0.4) is 0 Å². The van der Waals surface area contributed by atoms with E-state index >= 15 is 0 Å². The van der Waals surface area contributed by atoms with Crippen molar-refractivity contribution in [1.29, 1.82) is 0 Å². The fourth-order valence-electron chi connectivity index (χ4n) is 4.00. The maximum atomic E-state index is 13.1. The highest BCUT2D eigenvalue weighted by atomic mass is 19.1. The molecule has 2 amide bonds. The number of nitrogens with zero attached hydrogens (tertiary/aromatic N) is 2. The van der Waals surface area contributed by atoms with Gasteiger partial charge in [-0.2, -0.15) is 0 Å². The van der Waals surface area contributed by atoms with E-state index in [9.17, 15) is 14.0 Å². The predicted molar refractivity (Wildman–Crippen MR) is 111 cm³/mol. The van der Waals surface area contributed by atoms with E-state index < -0.39 is 0 Å². The van der Waals surface area contributed by atoms with Crippen LogP contribution in [-0.2, 0) is 16.0 Å². The van der Waals surface area contributed by atoms with E-state index in [0.29, 0.717) is 18.7 Å². The van der Waals surface area contributed by atoms with Crippen LogP contribution in [0.5, 0.6) is 0 Å². The van der Waals surface area contributed by atoms with Crippen LogP contribution in [0.25, 0.3) is 0 Å². The third kappa shape index (κ3) is 4.36. The summed E-state index contributed by atoms with van der Waals surface area (Å²) in [4.78, 5) is 31.9. The highest BCUT2D eigenvalue weighted by Crippen LogP contribution is 2.29. The molecule has 1 fully saturated rings. The molecule has 2 atom stereocenters. The van der Waals surface area contributed by atoms with Crippen molar-refractivity contribution in [1.82, 2.24) is 10.3 Å². The zero-order chi connectivity index (χ0) is 21.1. The molecular weight excluding hydrogens is 385 g/mol. The van der Waals surface area contributed by atoms with Crippen LogP contribution < -0.4 is 10.2 Å². The number of hydrogen-bond donors (Lipinski definition) is 1. The Labute approximate surface area is 175 Å². The molecule has 1 saturated heterocycles. The van der Waals surface area contributed by atoms with E-state index in [-0.39, 0.29) is 29.8 Å². The van der Waals surface area contributed by atoms with Gasteiger partial charge in [0.1, 0.15) is 11.9 Å². The quantitative estimate of drug-likeness (QED) is 0.835. The Morgan fingerprint density at radius 2 is 1.97 bits per heavy atom. The lowest BCUT2D eigenvalue weighted by atomic mass is 10.0. The van der Waals surface area contributed by atoms with Gasteiger partial charge in [0.2, 0.25) is 0 Å². The minimum Gasteiger partial charge on any atom is -0.368 e. The molecule has 1 unspecified atom stereocenters. The fraction of sp³-hybridized carbons (Fsp3) is 0.435. The van der Waals surface area contributed by atoms with Gasteiger partial charge >= 0.3 is 0 Å². The van der Waals surface area contributed by atoms with E-state index in [2.05, 4.69) is 5.32 Å². The lowest BCUT2D eigenvalue weighted by Gasteiger charge is -2.33. The molecule has 1 N–H and O–H groups in total. The van der Waals surface area contributed by atoms with Crippen molar-refractivity contribution in [2.24, 2.45) is 0 Å². The molecule has 2 aliphatic rings. The SMILES string of the molecule is CC(NC(=O)c1ccc(F)cc1)c1ccc2c(n1)CCCN2C(=O)[C@@H]1CCCCO1. The molecule has 4 rings (SSSR count). The maximum Gasteiger partial charge on any atom is 0.256 e. The third-order valence-corrected chi connectivity index (χ3v) is 5.68. The number of anilines is 1. The number of fused-ring (bicyclic) bond motifs is 1. The van der Waals surface area contributed by atoms with Crippen molar-refractivity contribution < 1.29 is 18.7 Å². The molecule has 30 heavy (non-hydrogen) atoms. The number of halogens is 1. The first-order valence-corrected chi connectivity index (χ1v) is 10.5. The molecular formula is C23H26FN3O3. The van der Waals surface area contributed by atoms with E-state index in [1.165, 1.54) is 24.3 Å². The molecule has 1 aromatic heterocycles. The van der Waals surface area contributed by atoms with Gasteiger partial charge in [0.15, 0.2) is 0 Å². The monoisotopic (exact) mass is 411 g/mol. The van der Waals surface area contributed by atoms with Gasteiger partial charge in [-0.25, -0.2) is 4.39 Å². The van der Waals surface area contributed by atoms with Gasteiger partial charge in [0.25, 0.3) is 11.8 Å². The summed E-state index contributed by atoms with van der Waals surface area (Å²) in [6.07, 6.45) is 4.06. The van der Waals surface area contributed by atoms with Gasteiger partial charge in [-0.1, -0.05) is 0 Å². The van der Waals surface area contributed by atoms with Crippen LogP contribution in [-0.4, -0.2) is 36.1 Å². The first-order chi connectivity index (χ1) is 14.5. The summed E-state index contributed by atoms with van der Waals surface area (Å²) in [6.45, 7) is 3.17. The number of amides is 2. The van der Waals surface area contributed by atoms with Gasteiger partial charge < -0.3 is 15.0 Å². The van der Waals surface area contributed by atoms with Crippen LogP contribution in [0.4, 0.5) is 10.1 Å². The highest BCUT2D eigenvalue weighted by molar-refractivity contribution is 5.97. The molecule has 158 valence electrons. The Morgan fingerprint density at radius 1 is 1.17 bits per heavy atom. The van der Waals surface area contributed by atoms with Crippen molar-refractivity contribution >= 4 is 17.5 Å². The Kier molecular flexibility index (Phi) is 6.08. The average molecular weight is 411 g/mol. The Hall–Kier alpha value is -2.80. The molecule has 0 bridgehead atoms. The number of pyridine rings is 1. The molecule has 6 nitrogen and oxygen atoms in total. The molecule has 2 aromatic rings. The summed E-state index contributed by atoms with van der Waals surface area (Å²) in [6, 6.07) is 8.88. The van der Waals surface area contributed by atoms with E-state index in [4.69, 9.17) is 9.72 Å². The zero-order valence-electron chi connectivity index (χ0n) is 17.1. The minimum absolute atomic E-state index is 0.0165. The number of rotatable bonds is 4.